The predicted molar refractivity (Wildman–Crippen MR) is 74.4 cm³/mol. The molecule has 4 nitrogen and oxygen atoms in total. The molecule has 1 fully saturated rings. The summed E-state index contributed by atoms with van der Waals surface area (Å²) in [6, 6.07) is 9.91. The molecule has 4 heteroatoms. The molecule has 1 aromatic heterocycles. The molecule has 1 saturated heterocycles. The van der Waals surface area contributed by atoms with Gasteiger partial charge in [0.15, 0.2) is 0 Å². The van der Waals surface area contributed by atoms with Crippen molar-refractivity contribution in [3.63, 3.8) is 0 Å². The fourth-order valence-corrected chi connectivity index (χ4v) is 2.84. The zero-order chi connectivity index (χ0) is 13.5. The zero-order valence-electron chi connectivity index (χ0n) is 10.8. The number of nitrogens with zero attached hydrogens (tertiary/aromatic N) is 2. The third kappa shape index (κ3) is 1.75. The van der Waals surface area contributed by atoms with Gasteiger partial charge in [0.2, 0.25) is 0 Å². The summed E-state index contributed by atoms with van der Waals surface area (Å²) in [5, 5.41) is 11.6. The third-order valence-electron chi connectivity index (χ3n) is 4.01. The first-order valence-electron chi connectivity index (χ1n) is 6.48. The first kappa shape index (κ1) is 12.0. The molecule has 1 atom stereocenters. The van der Waals surface area contributed by atoms with Crippen LogP contribution in [0.5, 0.6) is 0 Å². The van der Waals surface area contributed by atoms with Crippen LogP contribution >= 0.6 is 0 Å². The van der Waals surface area contributed by atoms with Gasteiger partial charge in [0.05, 0.1) is 0 Å². The van der Waals surface area contributed by atoms with Crippen LogP contribution < -0.4 is 4.90 Å². The van der Waals surface area contributed by atoms with E-state index < -0.39 is 11.5 Å². The summed E-state index contributed by atoms with van der Waals surface area (Å²) in [6.45, 7) is 2.52. The number of anilines is 1. The Kier molecular flexibility index (Phi) is 2.66. The smallest absolute Gasteiger partial charge is 0.329 e. The van der Waals surface area contributed by atoms with Gasteiger partial charge in [-0.1, -0.05) is 24.3 Å². The summed E-state index contributed by atoms with van der Waals surface area (Å²) in [5.41, 5.74) is -0.850. The van der Waals surface area contributed by atoms with Gasteiger partial charge in [-0.25, -0.2) is 9.78 Å². The number of fused-ring (bicyclic) bond motifs is 1. The van der Waals surface area contributed by atoms with Gasteiger partial charge in [-0.2, -0.15) is 0 Å². The second kappa shape index (κ2) is 4.23. The van der Waals surface area contributed by atoms with Crippen LogP contribution in [0.1, 0.15) is 19.8 Å². The highest BCUT2D eigenvalue weighted by Crippen LogP contribution is 2.36. The van der Waals surface area contributed by atoms with Crippen LogP contribution in [0.3, 0.4) is 0 Å². The van der Waals surface area contributed by atoms with Crippen molar-refractivity contribution < 1.29 is 9.90 Å². The first-order valence-corrected chi connectivity index (χ1v) is 6.48. The van der Waals surface area contributed by atoms with Crippen molar-refractivity contribution in [3.05, 3.63) is 36.5 Å². The van der Waals surface area contributed by atoms with Crippen LogP contribution in [-0.4, -0.2) is 28.1 Å². The molecule has 1 aliphatic rings. The average molecular weight is 256 g/mol. The molecular formula is C15H16N2O2. The quantitative estimate of drug-likeness (QED) is 0.897. The highest BCUT2D eigenvalue weighted by atomic mass is 16.4. The lowest BCUT2D eigenvalue weighted by Gasteiger charge is -2.32. The van der Waals surface area contributed by atoms with Gasteiger partial charge in [0.25, 0.3) is 0 Å². The Morgan fingerprint density at radius 2 is 2.16 bits per heavy atom. The lowest BCUT2D eigenvalue weighted by Crippen LogP contribution is -2.48. The highest BCUT2D eigenvalue weighted by Gasteiger charge is 2.44. The van der Waals surface area contributed by atoms with Gasteiger partial charge in [-0.15, -0.1) is 0 Å². The summed E-state index contributed by atoms with van der Waals surface area (Å²) in [7, 11) is 0. The Morgan fingerprint density at radius 1 is 1.37 bits per heavy atom. The van der Waals surface area contributed by atoms with E-state index in [1.54, 1.807) is 13.1 Å². The molecule has 0 bridgehead atoms. The second-order valence-electron chi connectivity index (χ2n) is 5.19. The first-order chi connectivity index (χ1) is 9.13. The molecule has 0 amide bonds. The number of pyridine rings is 1. The van der Waals surface area contributed by atoms with E-state index in [2.05, 4.69) is 4.98 Å². The van der Waals surface area contributed by atoms with Crippen molar-refractivity contribution in [2.75, 3.05) is 11.4 Å². The molecule has 1 unspecified atom stereocenters. The number of carboxylic acids is 1. The lowest BCUT2D eigenvalue weighted by atomic mass is 9.99. The summed E-state index contributed by atoms with van der Waals surface area (Å²) in [4.78, 5) is 17.9. The SMILES string of the molecule is CC1(C(=O)O)CCCN1c1nccc2ccccc12. The number of hydrogen-bond donors (Lipinski definition) is 1. The van der Waals surface area contributed by atoms with Crippen LogP contribution in [0, 0.1) is 0 Å². The number of benzene rings is 1. The van der Waals surface area contributed by atoms with Crippen molar-refractivity contribution in [1.29, 1.82) is 0 Å². The molecule has 1 N–H and O–H groups in total. The molecule has 0 spiro atoms. The van der Waals surface area contributed by atoms with E-state index in [4.69, 9.17) is 0 Å². The number of aromatic nitrogens is 1. The molecular weight excluding hydrogens is 240 g/mol. The van der Waals surface area contributed by atoms with Crippen LogP contribution in [0.25, 0.3) is 10.8 Å². The van der Waals surface area contributed by atoms with Crippen LogP contribution in [0.2, 0.25) is 0 Å². The van der Waals surface area contributed by atoms with E-state index in [9.17, 15) is 9.90 Å². The van der Waals surface area contributed by atoms with E-state index in [0.29, 0.717) is 6.42 Å². The van der Waals surface area contributed by atoms with Crippen molar-refractivity contribution in [2.45, 2.75) is 25.3 Å². The Bertz CT molecular complexity index is 636. The molecule has 2 heterocycles. The number of hydrogen-bond acceptors (Lipinski definition) is 3. The minimum absolute atomic E-state index is 0.660. The van der Waals surface area contributed by atoms with Crippen molar-refractivity contribution in [2.24, 2.45) is 0 Å². The summed E-state index contributed by atoms with van der Waals surface area (Å²) in [5.74, 6) is 0.000217. The number of aliphatic carboxylic acids is 1. The minimum Gasteiger partial charge on any atom is -0.480 e. The topological polar surface area (TPSA) is 53.4 Å². The largest absolute Gasteiger partial charge is 0.480 e. The molecule has 0 aliphatic carbocycles. The molecule has 98 valence electrons. The van der Waals surface area contributed by atoms with Gasteiger partial charge in [-0.05, 0) is 31.2 Å². The number of carbonyl (C=O) groups is 1. The van der Waals surface area contributed by atoms with E-state index in [1.807, 2.05) is 35.2 Å². The van der Waals surface area contributed by atoms with Gasteiger partial charge in [0.1, 0.15) is 11.4 Å². The molecule has 2 aromatic rings. The zero-order valence-corrected chi connectivity index (χ0v) is 10.8. The molecule has 1 aromatic carbocycles. The Balaban J connectivity index is 2.17. The average Bonchev–Trinajstić information content (AvgIpc) is 2.81. The molecule has 19 heavy (non-hydrogen) atoms. The van der Waals surface area contributed by atoms with Crippen LogP contribution in [-0.2, 0) is 4.79 Å². The summed E-state index contributed by atoms with van der Waals surface area (Å²) in [6.07, 6.45) is 3.29. The Hall–Kier alpha value is -2.10. The van der Waals surface area contributed by atoms with Gasteiger partial charge >= 0.3 is 5.97 Å². The molecule has 0 radical (unpaired) electrons. The predicted octanol–water partition coefficient (Wildman–Crippen LogP) is 2.68. The Morgan fingerprint density at radius 3 is 2.95 bits per heavy atom. The van der Waals surface area contributed by atoms with Gasteiger partial charge in [-0.3, -0.25) is 0 Å². The van der Waals surface area contributed by atoms with Crippen LogP contribution in [0.4, 0.5) is 5.82 Å². The molecule has 0 saturated carbocycles. The van der Waals surface area contributed by atoms with E-state index in [-0.39, 0.29) is 0 Å². The normalized spacial score (nSPS) is 22.9. The fourth-order valence-electron chi connectivity index (χ4n) is 2.84. The monoisotopic (exact) mass is 256 g/mol. The summed E-state index contributed by atoms with van der Waals surface area (Å²) >= 11 is 0. The van der Waals surface area contributed by atoms with E-state index in [0.717, 1.165) is 29.6 Å². The fraction of sp³-hybridized carbons (Fsp3) is 0.333. The minimum atomic E-state index is -0.850. The van der Waals surface area contributed by atoms with Crippen molar-refractivity contribution in [1.82, 2.24) is 4.98 Å². The maximum absolute atomic E-state index is 11.6. The van der Waals surface area contributed by atoms with Gasteiger partial charge in [0, 0.05) is 18.1 Å². The summed E-state index contributed by atoms with van der Waals surface area (Å²) < 4.78 is 0. The maximum Gasteiger partial charge on any atom is 0.329 e. The van der Waals surface area contributed by atoms with E-state index >= 15 is 0 Å². The van der Waals surface area contributed by atoms with Crippen LogP contribution in [0.15, 0.2) is 36.5 Å². The Labute approximate surface area is 111 Å². The van der Waals surface area contributed by atoms with E-state index in [1.165, 1.54) is 0 Å². The standard InChI is InChI=1S/C15H16N2O2/c1-15(14(18)19)8-4-10-17(15)13-12-6-3-2-5-11(12)7-9-16-13/h2-3,5-7,9H,4,8,10H2,1H3,(H,18,19). The molecule has 1 aliphatic heterocycles. The lowest BCUT2D eigenvalue weighted by molar-refractivity contribution is -0.142. The molecule has 3 rings (SSSR count). The van der Waals surface area contributed by atoms with Crippen molar-refractivity contribution >= 4 is 22.6 Å². The highest BCUT2D eigenvalue weighted by molar-refractivity contribution is 5.95. The third-order valence-corrected chi connectivity index (χ3v) is 4.01. The van der Waals surface area contributed by atoms with Gasteiger partial charge < -0.3 is 10.0 Å². The number of rotatable bonds is 2. The second-order valence-corrected chi connectivity index (χ2v) is 5.19. The van der Waals surface area contributed by atoms with Crippen molar-refractivity contribution in [3.8, 4) is 0 Å². The number of carboxylic acid groups (broad SMARTS) is 1. The maximum atomic E-state index is 11.6.